The minimum atomic E-state index is -0.156. The summed E-state index contributed by atoms with van der Waals surface area (Å²) in [6, 6.07) is 19.7. The highest BCUT2D eigenvalue weighted by Crippen LogP contribution is 2.32. The van der Waals surface area contributed by atoms with E-state index >= 15 is 0 Å². The minimum Gasteiger partial charge on any atom is -0.488 e. The Morgan fingerprint density at radius 3 is 2.86 bits per heavy atom. The van der Waals surface area contributed by atoms with Crippen LogP contribution in [-0.2, 0) is 19.4 Å². The summed E-state index contributed by atoms with van der Waals surface area (Å²) in [4.78, 5) is 14.6. The van der Waals surface area contributed by atoms with Crippen LogP contribution in [-0.4, -0.2) is 12.1 Å². The van der Waals surface area contributed by atoms with Gasteiger partial charge in [0.2, 0.25) is 0 Å². The lowest BCUT2D eigenvalue weighted by Crippen LogP contribution is -2.16. The van der Waals surface area contributed by atoms with Crippen LogP contribution in [0.15, 0.2) is 65.8 Å². The number of carbonyl (C=O) groups excluding carboxylic acids is 1. The van der Waals surface area contributed by atoms with E-state index in [1.54, 1.807) is 17.6 Å². The maximum absolute atomic E-state index is 12.5. The van der Waals surface area contributed by atoms with Gasteiger partial charge in [0, 0.05) is 10.4 Å². The fourth-order valence-corrected chi connectivity index (χ4v) is 4.59. The van der Waals surface area contributed by atoms with E-state index in [0.29, 0.717) is 12.5 Å². The smallest absolute Gasteiger partial charge is 0.281 e. The minimum absolute atomic E-state index is 0.156. The molecule has 1 atom stereocenters. The third-order valence-corrected chi connectivity index (χ3v) is 6.31. The molecule has 1 amide bonds. The number of thiophene rings is 1. The Labute approximate surface area is 175 Å². The van der Waals surface area contributed by atoms with Crippen molar-refractivity contribution in [3.63, 3.8) is 0 Å². The number of benzene rings is 2. The Kier molecular flexibility index (Phi) is 6.06. The van der Waals surface area contributed by atoms with Crippen molar-refractivity contribution in [2.45, 2.75) is 32.8 Å². The predicted molar refractivity (Wildman–Crippen MR) is 118 cm³/mol. The number of nitrogens with zero attached hydrogens (tertiary/aromatic N) is 1. The van der Waals surface area contributed by atoms with Gasteiger partial charge in [0.1, 0.15) is 12.4 Å². The molecule has 0 bridgehead atoms. The first-order valence-electron chi connectivity index (χ1n) is 9.90. The molecule has 0 unspecified atom stereocenters. The maximum Gasteiger partial charge on any atom is 0.281 e. The number of fused-ring (bicyclic) bond motifs is 1. The van der Waals surface area contributed by atoms with Crippen molar-refractivity contribution >= 4 is 23.5 Å². The number of rotatable bonds is 6. The van der Waals surface area contributed by atoms with E-state index < -0.39 is 0 Å². The highest BCUT2D eigenvalue weighted by molar-refractivity contribution is 7.14. The van der Waals surface area contributed by atoms with Crippen LogP contribution in [0.3, 0.4) is 0 Å². The second-order valence-corrected chi connectivity index (χ2v) is 8.56. The second-order valence-electron chi connectivity index (χ2n) is 7.42. The number of hydrogen-bond acceptors (Lipinski definition) is 4. The largest absolute Gasteiger partial charge is 0.488 e. The van der Waals surface area contributed by atoms with Gasteiger partial charge in [0.15, 0.2) is 0 Å². The number of para-hydroxylation sites is 1. The predicted octanol–water partition coefficient (Wildman–Crippen LogP) is 5.22. The average molecular weight is 405 g/mol. The van der Waals surface area contributed by atoms with Gasteiger partial charge in [-0.1, -0.05) is 49.4 Å². The third-order valence-electron chi connectivity index (χ3n) is 5.08. The van der Waals surface area contributed by atoms with Crippen LogP contribution in [0.4, 0.5) is 0 Å². The normalized spacial score (nSPS) is 15.8. The van der Waals surface area contributed by atoms with Crippen molar-refractivity contribution in [2.24, 2.45) is 11.0 Å². The molecule has 0 saturated heterocycles. The van der Waals surface area contributed by atoms with Gasteiger partial charge in [-0.3, -0.25) is 4.79 Å². The number of hydrogen-bond donors (Lipinski definition) is 1. The average Bonchev–Trinajstić information content (AvgIpc) is 3.17. The van der Waals surface area contributed by atoms with E-state index in [1.165, 1.54) is 16.9 Å². The molecule has 1 aliphatic carbocycles. The molecule has 4 nitrogen and oxygen atoms in total. The Balaban J connectivity index is 1.39. The van der Waals surface area contributed by atoms with Crippen LogP contribution in [0.5, 0.6) is 5.75 Å². The fraction of sp³-hybridized carbons (Fsp3) is 0.250. The zero-order valence-electron chi connectivity index (χ0n) is 16.4. The summed E-state index contributed by atoms with van der Waals surface area (Å²) in [7, 11) is 0. The van der Waals surface area contributed by atoms with Gasteiger partial charge in [-0.15, -0.1) is 11.3 Å². The zero-order chi connectivity index (χ0) is 20.1. The Morgan fingerprint density at radius 1 is 1.21 bits per heavy atom. The number of amides is 1. The molecule has 5 heteroatoms. The molecule has 0 spiro atoms. The molecule has 0 aliphatic heterocycles. The van der Waals surface area contributed by atoms with Gasteiger partial charge in [0.25, 0.3) is 5.91 Å². The summed E-state index contributed by atoms with van der Waals surface area (Å²) in [6.07, 6.45) is 4.97. The summed E-state index contributed by atoms with van der Waals surface area (Å²) < 4.78 is 5.93. The topological polar surface area (TPSA) is 50.7 Å². The molecule has 0 fully saturated rings. The van der Waals surface area contributed by atoms with E-state index in [9.17, 15) is 4.79 Å². The van der Waals surface area contributed by atoms with E-state index in [2.05, 4.69) is 17.5 Å². The summed E-state index contributed by atoms with van der Waals surface area (Å²) in [5.41, 5.74) is 5.90. The molecule has 3 aromatic rings. The molecular formula is C24H24N2O2S. The van der Waals surface area contributed by atoms with Gasteiger partial charge in [0.05, 0.1) is 11.1 Å². The quantitative estimate of drug-likeness (QED) is 0.453. The summed E-state index contributed by atoms with van der Waals surface area (Å²) in [5.74, 6) is 1.27. The van der Waals surface area contributed by atoms with Crippen LogP contribution in [0.25, 0.3) is 0 Å². The lowest BCUT2D eigenvalue weighted by Gasteiger charge is -2.16. The Bertz CT molecular complexity index is 1010. The van der Waals surface area contributed by atoms with Crippen molar-refractivity contribution in [1.82, 2.24) is 5.43 Å². The van der Waals surface area contributed by atoms with Gasteiger partial charge in [-0.2, -0.15) is 5.10 Å². The highest BCUT2D eigenvalue weighted by atomic mass is 32.1. The Hall–Kier alpha value is -2.92. The van der Waals surface area contributed by atoms with Gasteiger partial charge >= 0.3 is 0 Å². The number of hydrazone groups is 1. The fourth-order valence-electron chi connectivity index (χ4n) is 3.49. The maximum atomic E-state index is 12.5. The molecule has 4 rings (SSSR count). The molecule has 1 heterocycles. The van der Waals surface area contributed by atoms with Crippen molar-refractivity contribution in [3.8, 4) is 5.75 Å². The molecule has 1 aromatic heterocycles. The molecular weight excluding hydrogens is 380 g/mol. The van der Waals surface area contributed by atoms with Crippen LogP contribution in [0.1, 0.15) is 44.6 Å². The van der Waals surface area contributed by atoms with E-state index in [-0.39, 0.29) is 5.91 Å². The summed E-state index contributed by atoms with van der Waals surface area (Å²) in [6.45, 7) is 2.75. The Morgan fingerprint density at radius 2 is 2.00 bits per heavy atom. The number of aryl methyl sites for hydroxylation is 1. The molecule has 1 aliphatic rings. The number of nitrogens with one attached hydrogen (secondary N) is 1. The highest BCUT2D eigenvalue weighted by Gasteiger charge is 2.20. The SMILES string of the molecule is C[C@@H]1CCc2sc(C(=O)NN=Cc3ccccc3OCc3ccccc3)cc2C1. The molecule has 29 heavy (non-hydrogen) atoms. The summed E-state index contributed by atoms with van der Waals surface area (Å²) in [5, 5.41) is 4.16. The van der Waals surface area contributed by atoms with Crippen molar-refractivity contribution < 1.29 is 9.53 Å². The van der Waals surface area contributed by atoms with Crippen molar-refractivity contribution in [3.05, 3.63) is 87.1 Å². The second kappa shape index (κ2) is 9.05. The first-order chi connectivity index (χ1) is 14.2. The zero-order valence-corrected chi connectivity index (χ0v) is 17.2. The molecule has 1 N–H and O–H groups in total. The monoisotopic (exact) mass is 404 g/mol. The standard InChI is InChI=1S/C24H24N2O2S/c1-17-11-12-22-20(13-17)14-23(29-22)24(27)26-25-15-19-9-5-6-10-21(19)28-16-18-7-3-2-4-8-18/h2-10,14-15,17H,11-13,16H2,1H3,(H,26,27)/t17-/m1/s1. The van der Waals surface area contributed by atoms with Gasteiger partial charge < -0.3 is 4.74 Å². The van der Waals surface area contributed by atoms with E-state index in [0.717, 1.165) is 34.6 Å². The summed E-state index contributed by atoms with van der Waals surface area (Å²) >= 11 is 1.59. The van der Waals surface area contributed by atoms with Crippen molar-refractivity contribution in [1.29, 1.82) is 0 Å². The third kappa shape index (κ3) is 4.93. The van der Waals surface area contributed by atoms with Crippen LogP contribution >= 0.6 is 11.3 Å². The van der Waals surface area contributed by atoms with Gasteiger partial charge in [-0.05, 0) is 54.5 Å². The molecule has 0 saturated carbocycles. The van der Waals surface area contributed by atoms with Crippen molar-refractivity contribution in [2.75, 3.05) is 0 Å². The molecule has 148 valence electrons. The number of ether oxygens (including phenoxy) is 1. The number of carbonyl (C=O) groups is 1. The van der Waals surface area contributed by atoms with E-state index in [4.69, 9.17) is 4.74 Å². The van der Waals surface area contributed by atoms with E-state index in [1.807, 2.05) is 60.7 Å². The first-order valence-corrected chi connectivity index (χ1v) is 10.7. The van der Waals surface area contributed by atoms with Crippen LogP contribution < -0.4 is 10.2 Å². The van der Waals surface area contributed by atoms with Crippen LogP contribution in [0, 0.1) is 5.92 Å². The lowest BCUT2D eigenvalue weighted by atomic mass is 9.90. The first kappa shape index (κ1) is 19.4. The molecule has 2 aromatic carbocycles. The molecule has 0 radical (unpaired) electrons. The van der Waals surface area contributed by atoms with Crippen LogP contribution in [0.2, 0.25) is 0 Å². The lowest BCUT2D eigenvalue weighted by molar-refractivity contribution is 0.0959. The van der Waals surface area contributed by atoms with Gasteiger partial charge in [-0.25, -0.2) is 5.43 Å².